The Labute approximate surface area is 175 Å². The van der Waals surface area contributed by atoms with Crippen LogP contribution in [-0.2, 0) is 19.2 Å². The van der Waals surface area contributed by atoms with Crippen LogP contribution in [0.2, 0.25) is 0 Å². The molecular formula is C18H34N4O4S2. The fourth-order valence-corrected chi connectivity index (χ4v) is 4.58. The van der Waals surface area contributed by atoms with Crippen LogP contribution >= 0.6 is 21.6 Å². The molecule has 0 aliphatic heterocycles. The highest BCUT2D eigenvalue weighted by atomic mass is 33.1. The molecule has 2 atom stereocenters. The van der Waals surface area contributed by atoms with Crippen molar-refractivity contribution in [1.82, 2.24) is 10.6 Å². The van der Waals surface area contributed by atoms with Gasteiger partial charge in [-0.1, -0.05) is 61.1 Å². The number of nitrogens with one attached hydrogen (secondary N) is 2. The smallest absolute Gasteiger partial charge is 0.240 e. The van der Waals surface area contributed by atoms with Gasteiger partial charge in [0, 0.05) is 24.3 Å². The average molecular weight is 435 g/mol. The Hall–Kier alpha value is -1.42. The van der Waals surface area contributed by atoms with Crippen molar-refractivity contribution in [1.29, 1.82) is 0 Å². The molecule has 28 heavy (non-hydrogen) atoms. The summed E-state index contributed by atoms with van der Waals surface area (Å²) in [5.41, 5.74) is 10.7. The fraction of sp³-hybridized carbons (Fsp3) is 0.778. The molecular weight excluding hydrogens is 400 g/mol. The Kier molecular flexibility index (Phi) is 15.7. The second kappa shape index (κ2) is 16.5. The van der Waals surface area contributed by atoms with Gasteiger partial charge in [-0.05, 0) is 12.8 Å². The van der Waals surface area contributed by atoms with Gasteiger partial charge in [0.25, 0.3) is 0 Å². The number of unbranched alkanes of at least 4 members (excludes halogenated alkanes) is 4. The van der Waals surface area contributed by atoms with Gasteiger partial charge >= 0.3 is 0 Å². The van der Waals surface area contributed by atoms with Crippen molar-refractivity contribution >= 4 is 45.2 Å². The number of primary amides is 2. The van der Waals surface area contributed by atoms with Crippen LogP contribution in [0.25, 0.3) is 0 Å². The molecule has 4 amide bonds. The van der Waals surface area contributed by atoms with E-state index in [1.165, 1.54) is 21.6 Å². The molecule has 0 heterocycles. The third kappa shape index (κ3) is 13.7. The van der Waals surface area contributed by atoms with Crippen molar-refractivity contribution in [2.75, 3.05) is 11.5 Å². The van der Waals surface area contributed by atoms with Gasteiger partial charge in [-0.3, -0.25) is 19.2 Å². The maximum Gasteiger partial charge on any atom is 0.240 e. The number of amides is 4. The highest BCUT2D eigenvalue weighted by Gasteiger charge is 2.21. The summed E-state index contributed by atoms with van der Waals surface area (Å²) in [4.78, 5) is 46.7. The van der Waals surface area contributed by atoms with E-state index in [0.29, 0.717) is 12.8 Å². The van der Waals surface area contributed by atoms with E-state index in [2.05, 4.69) is 10.6 Å². The normalized spacial score (nSPS) is 12.8. The first-order chi connectivity index (χ1) is 13.3. The van der Waals surface area contributed by atoms with E-state index in [9.17, 15) is 19.2 Å². The lowest BCUT2D eigenvalue weighted by Gasteiger charge is -2.17. The van der Waals surface area contributed by atoms with Crippen molar-refractivity contribution in [3.05, 3.63) is 0 Å². The van der Waals surface area contributed by atoms with E-state index in [1.54, 1.807) is 0 Å². The Morgan fingerprint density at radius 3 is 1.36 bits per heavy atom. The van der Waals surface area contributed by atoms with Gasteiger partial charge in [-0.2, -0.15) is 0 Å². The SMILES string of the molecule is CCCCCC(=O)N[C@@H](CSSC[C@H](NC(=O)CCCCC)C(N)=O)C(N)=O. The van der Waals surface area contributed by atoms with Crippen LogP contribution < -0.4 is 22.1 Å². The Bertz CT molecular complexity index is 462. The zero-order valence-corrected chi connectivity index (χ0v) is 18.5. The first-order valence-corrected chi connectivity index (χ1v) is 12.2. The summed E-state index contributed by atoms with van der Waals surface area (Å²) >= 11 is 0. The van der Waals surface area contributed by atoms with Crippen molar-refractivity contribution in [3.63, 3.8) is 0 Å². The molecule has 0 aromatic heterocycles. The summed E-state index contributed by atoms with van der Waals surface area (Å²) in [7, 11) is 2.59. The lowest BCUT2D eigenvalue weighted by Crippen LogP contribution is -2.46. The maximum absolute atomic E-state index is 11.8. The molecule has 8 nitrogen and oxygen atoms in total. The number of carbonyl (C=O) groups excluding carboxylic acids is 4. The Morgan fingerprint density at radius 1 is 0.714 bits per heavy atom. The number of nitrogens with two attached hydrogens (primary N) is 2. The van der Waals surface area contributed by atoms with Crippen molar-refractivity contribution in [2.24, 2.45) is 11.5 Å². The van der Waals surface area contributed by atoms with Gasteiger partial charge in [0.15, 0.2) is 0 Å². The third-order valence-corrected chi connectivity index (χ3v) is 6.35. The second-order valence-corrected chi connectivity index (χ2v) is 9.08. The molecule has 0 rings (SSSR count). The molecule has 0 fully saturated rings. The summed E-state index contributed by atoms with van der Waals surface area (Å²) < 4.78 is 0. The minimum atomic E-state index is -0.776. The number of carbonyl (C=O) groups is 4. The summed E-state index contributed by atoms with van der Waals surface area (Å²) in [6.45, 7) is 4.09. The van der Waals surface area contributed by atoms with Crippen LogP contribution in [0.4, 0.5) is 0 Å². The summed E-state index contributed by atoms with van der Waals surface area (Å²) in [6, 6.07) is -1.55. The van der Waals surface area contributed by atoms with Crippen LogP contribution in [0.1, 0.15) is 65.2 Å². The van der Waals surface area contributed by atoms with Crippen molar-refractivity contribution < 1.29 is 19.2 Å². The van der Waals surface area contributed by atoms with Crippen LogP contribution in [0, 0.1) is 0 Å². The van der Waals surface area contributed by atoms with Gasteiger partial charge in [0.1, 0.15) is 12.1 Å². The average Bonchev–Trinajstić information content (AvgIpc) is 2.63. The predicted octanol–water partition coefficient (Wildman–Crippen LogP) is 1.47. The molecule has 0 aliphatic carbocycles. The van der Waals surface area contributed by atoms with Crippen LogP contribution in [-0.4, -0.2) is 47.2 Å². The summed E-state index contributed by atoms with van der Waals surface area (Å²) in [6.07, 6.45) is 6.20. The Balaban J connectivity index is 4.28. The molecule has 0 radical (unpaired) electrons. The number of rotatable bonds is 17. The Morgan fingerprint density at radius 2 is 1.07 bits per heavy atom. The number of hydrogen-bond donors (Lipinski definition) is 4. The van der Waals surface area contributed by atoms with Gasteiger partial charge in [0.2, 0.25) is 23.6 Å². The standard InChI is InChI=1S/C18H34N4O4S2/c1-3-5-7-9-15(23)21-13(17(19)25)11-27-28-12-14(18(20)26)22-16(24)10-8-6-4-2/h13-14H,3-12H2,1-2H3,(H2,19,25)(H2,20,26)(H,21,23)(H,22,24)/t13-,14-/m0/s1. The van der Waals surface area contributed by atoms with E-state index in [4.69, 9.17) is 11.5 Å². The largest absolute Gasteiger partial charge is 0.368 e. The topological polar surface area (TPSA) is 144 Å². The fourth-order valence-electron chi connectivity index (χ4n) is 2.23. The molecule has 162 valence electrons. The maximum atomic E-state index is 11.8. The van der Waals surface area contributed by atoms with Crippen LogP contribution in [0.5, 0.6) is 0 Å². The first kappa shape index (κ1) is 26.6. The molecule has 6 N–H and O–H groups in total. The highest BCUT2D eigenvalue weighted by Crippen LogP contribution is 2.23. The minimum absolute atomic E-state index is 0.197. The zero-order chi connectivity index (χ0) is 21.4. The number of hydrogen-bond acceptors (Lipinski definition) is 6. The van der Waals surface area contributed by atoms with E-state index in [-0.39, 0.29) is 23.3 Å². The lowest BCUT2D eigenvalue weighted by molar-refractivity contribution is -0.126. The highest BCUT2D eigenvalue weighted by molar-refractivity contribution is 8.76. The van der Waals surface area contributed by atoms with E-state index < -0.39 is 23.9 Å². The van der Waals surface area contributed by atoms with Gasteiger partial charge in [-0.25, -0.2) is 0 Å². The molecule has 0 spiro atoms. The molecule has 0 aromatic carbocycles. The summed E-state index contributed by atoms with van der Waals surface area (Å²) in [5, 5.41) is 5.28. The molecule has 0 unspecified atom stereocenters. The molecule has 0 aliphatic rings. The minimum Gasteiger partial charge on any atom is -0.368 e. The lowest BCUT2D eigenvalue weighted by atomic mass is 10.2. The van der Waals surface area contributed by atoms with Gasteiger partial charge in [0.05, 0.1) is 0 Å². The van der Waals surface area contributed by atoms with Crippen molar-refractivity contribution in [3.8, 4) is 0 Å². The van der Waals surface area contributed by atoms with Crippen LogP contribution in [0.15, 0.2) is 0 Å². The van der Waals surface area contributed by atoms with Crippen molar-refractivity contribution in [2.45, 2.75) is 77.3 Å². The first-order valence-electron chi connectivity index (χ1n) is 9.73. The van der Waals surface area contributed by atoms with E-state index in [0.717, 1.165) is 38.5 Å². The van der Waals surface area contributed by atoms with E-state index >= 15 is 0 Å². The monoisotopic (exact) mass is 434 g/mol. The van der Waals surface area contributed by atoms with Gasteiger partial charge in [-0.15, -0.1) is 0 Å². The molecule has 0 bridgehead atoms. The second-order valence-electron chi connectivity index (χ2n) is 6.53. The molecule has 0 saturated carbocycles. The van der Waals surface area contributed by atoms with Crippen LogP contribution in [0.3, 0.4) is 0 Å². The van der Waals surface area contributed by atoms with Gasteiger partial charge < -0.3 is 22.1 Å². The predicted molar refractivity (Wildman–Crippen MR) is 115 cm³/mol. The molecule has 0 saturated heterocycles. The molecule has 10 heteroatoms. The quantitative estimate of drug-likeness (QED) is 0.201. The third-order valence-electron chi connectivity index (χ3n) is 3.92. The van der Waals surface area contributed by atoms with E-state index in [1.807, 2.05) is 13.8 Å². The zero-order valence-electron chi connectivity index (χ0n) is 16.8. The molecule has 0 aromatic rings. The summed E-state index contributed by atoms with van der Waals surface area (Å²) in [5.74, 6) is -1.06.